The van der Waals surface area contributed by atoms with Crippen LogP contribution in [0.25, 0.3) is 10.9 Å². The summed E-state index contributed by atoms with van der Waals surface area (Å²) in [6.45, 7) is 9.65. The molecule has 0 bridgehead atoms. The number of carbonyl (C=O) groups excluding carboxylic acids is 2. The molecule has 1 aliphatic heterocycles. The first kappa shape index (κ1) is 26.3. The third-order valence-corrected chi connectivity index (χ3v) is 8.79. The molecule has 1 fully saturated rings. The number of hydrogen-bond donors (Lipinski definition) is 2. The fourth-order valence-corrected chi connectivity index (χ4v) is 6.32. The van der Waals surface area contributed by atoms with Crippen LogP contribution in [0.2, 0.25) is 0 Å². The van der Waals surface area contributed by atoms with Crippen LogP contribution in [0.4, 0.5) is 5.69 Å². The minimum atomic E-state index is -0.529. The number of benzene rings is 3. The van der Waals surface area contributed by atoms with E-state index in [1.165, 1.54) is 16.8 Å². The summed E-state index contributed by atoms with van der Waals surface area (Å²) in [5, 5.41) is 9.93. The number of nitrogens with one attached hydrogen (secondary N) is 1. The Kier molecular flexibility index (Phi) is 7.17. The molecule has 7 heteroatoms. The highest BCUT2D eigenvalue weighted by atomic mass is 16.5. The van der Waals surface area contributed by atoms with E-state index >= 15 is 0 Å². The van der Waals surface area contributed by atoms with Gasteiger partial charge in [-0.1, -0.05) is 36.4 Å². The number of hydrogen-bond acceptors (Lipinski definition) is 5. The predicted molar refractivity (Wildman–Crippen MR) is 157 cm³/mol. The highest BCUT2D eigenvalue weighted by Gasteiger charge is 2.34. The lowest BCUT2D eigenvalue weighted by Crippen LogP contribution is -2.49. The van der Waals surface area contributed by atoms with E-state index in [2.05, 4.69) is 58.5 Å². The summed E-state index contributed by atoms with van der Waals surface area (Å²) in [6.07, 6.45) is 1.73. The van der Waals surface area contributed by atoms with Gasteiger partial charge >= 0.3 is 0 Å². The van der Waals surface area contributed by atoms with Crippen LogP contribution in [0.3, 0.4) is 0 Å². The predicted octanol–water partition coefficient (Wildman–Crippen LogP) is 4.99. The van der Waals surface area contributed by atoms with Crippen molar-refractivity contribution in [3.8, 4) is 0 Å². The number of hydroxylamine groups is 1. The molecule has 4 aromatic rings. The maximum absolute atomic E-state index is 14.0. The van der Waals surface area contributed by atoms with Gasteiger partial charge in [-0.3, -0.25) is 19.7 Å². The Morgan fingerprint density at radius 2 is 1.70 bits per heavy atom. The Morgan fingerprint density at radius 1 is 0.950 bits per heavy atom. The van der Waals surface area contributed by atoms with Crippen LogP contribution in [0.15, 0.2) is 66.7 Å². The first-order valence-electron chi connectivity index (χ1n) is 14.1. The van der Waals surface area contributed by atoms with Gasteiger partial charge in [0.25, 0.3) is 5.91 Å². The van der Waals surface area contributed by atoms with E-state index in [0.29, 0.717) is 12.1 Å². The Labute approximate surface area is 235 Å². The van der Waals surface area contributed by atoms with Gasteiger partial charge in [-0.2, -0.15) is 0 Å². The summed E-state index contributed by atoms with van der Waals surface area (Å²) in [7, 11) is 0. The second-order valence-electron chi connectivity index (χ2n) is 11.2. The van der Waals surface area contributed by atoms with Crippen LogP contribution in [0.1, 0.15) is 49.5 Å². The molecule has 1 aliphatic carbocycles. The lowest BCUT2D eigenvalue weighted by molar-refractivity contribution is 0.0706. The molecule has 1 amide bonds. The second-order valence-corrected chi connectivity index (χ2v) is 11.2. The molecule has 1 saturated heterocycles. The standard InChI is InChI=1S/C33H36N4O3/c1-22-7-13-27(19-23(22)2)36-17-15-35(16-18-36)21-26-12-14-30-31(32(26)38)28-5-3-4-6-29(28)37(30)20-24-8-10-25(11-9-24)33(39)34-40/h3-11,13,19,26,40H,12,14-18,20-21H2,1-2H3,(H,34,39). The number of nitrogens with zero attached hydrogens (tertiary/aromatic N) is 3. The number of Topliss-reactive ketones (excluding diaryl/α,β-unsaturated/α-hetero) is 1. The molecule has 0 saturated carbocycles. The molecule has 40 heavy (non-hydrogen) atoms. The van der Waals surface area contributed by atoms with Gasteiger partial charge in [0.05, 0.1) is 0 Å². The minimum Gasteiger partial charge on any atom is -0.369 e. The molecule has 2 N–H and O–H groups in total. The van der Waals surface area contributed by atoms with Crippen molar-refractivity contribution >= 4 is 28.3 Å². The van der Waals surface area contributed by atoms with Crippen LogP contribution in [-0.4, -0.2) is 59.1 Å². The topological polar surface area (TPSA) is 77.8 Å². The van der Waals surface area contributed by atoms with Crippen molar-refractivity contribution in [2.24, 2.45) is 5.92 Å². The molecule has 6 rings (SSSR count). The first-order valence-corrected chi connectivity index (χ1v) is 14.1. The molecule has 0 radical (unpaired) electrons. The smallest absolute Gasteiger partial charge is 0.274 e. The van der Waals surface area contributed by atoms with E-state index < -0.39 is 5.91 Å². The third-order valence-electron chi connectivity index (χ3n) is 8.79. The average molecular weight is 537 g/mol. The molecule has 0 spiro atoms. The Balaban J connectivity index is 1.18. The molecule has 3 aromatic carbocycles. The summed E-state index contributed by atoms with van der Waals surface area (Å²) >= 11 is 0. The van der Waals surface area contributed by atoms with Gasteiger partial charge in [0.2, 0.25) is 0 Å². The van der Waals surface area contributed by atoms with E-state index in [-0.39, 0.29) is 11.7 Å². The Hall–Kier alpha value is -3.94. The van der Waals surface area contributed by atoms with E-state index in [1.807, 2.05) is 24.3 Å². The lowest BCUT2D eigenvalue weighted by Gasteiger charge is -2.38. The normalized spacial score (nSPS) is 17.7. The average Bonchev–Trinajstić information content (AvgIpc) is 3.30. The van der Waals surface area contributed by atoms with Crippen molar-refractivity contribution in [3.63, 3.8) is 0 Å². The molecule has 206 valence electrons. The molecule has 7 nitrogen and oxygen atoms in total. The summed E-state index contributed by atoms with van der Waals surface area (Å²) in [4.78, 5) is 30.6. The number of para-hydroxylation sites is 1. The third kappa shape index (κ3) is 4.91. The number of anilines is 1. The SMILES string of the molecule is Cc1ccc(N2CCN(CC3CCc4c(c5ccccc5n4Cc4ccc(C(=O)NO)cc4)C3=O)CC2)cc1C. The molecule has 2 aliphatic rings. The number of aromatic nitrogens is 1. The van der Waals surface area contributed by atoms with Gasteiger partial charge in [-0.15, -0.1) is 0 Å². The summed E-state index contributed by atoms with van der Waals surface area (Å²) < 4.78 is 2.27. The monoisotopic (exact) mass is 536 g/mol. The second kappa shape index (κ2) is 10.9. The quantitative estimate of drug-likeness (QED) is 0.268. The number of amides is 1. The van der Waals surface area contributed by atoms with Crippen molar-refractivity contribution in [2.45, 2.75) is 33.2 Å². The van der Waals surface area contributed by atoms with Crippen molar-refractivity contribution < 1.29 is 14.8 Å². The molecule has 1 atom stereocenters. The largest absolute Gasteiger partial charge is 0.369 e. The zero-order chi connectivity index (χ0) is 27.8. The van der Waals surface area contributed by atoms with Crippen LogP contribution >= 0.6 is 0 Å². The summed E-state index contributed by atoms with van der Waals surface area (Å²) in [6, 6.07) is 22.1. The molecule has 1 aromatic heterocycles. The van der Waals surface area contributed by atoms with Crippen molar-refractivity contribution in [1.29, 1.82) is 0 Å². The fourth-order valence-electron chi connectivity index (χ4n) is 6.32. The molecular weight excluding hydrogens is 500 g/mol. The number of carbonyl (C=O) groups is 2. The highest BCUT2D eigenvalue weighted by molar-refractivity contribution is 6.11. The zero-order valence-corrected chi connectivity index (χ0v) is 23.2. The minimum absolute atomic E-state index is 0.0104. The maximum Gasteiger partial charge on any atom is 0.274 e. The zero-order valence-electron chi connectivity index (χ0n) is 23.2. The van der Waals surface area contributed by atoms with Crippen molar-refractivity contribution in [1.82, 2.24) is 14.9 Å². The van der Waals surface area contributed by atoms with Gasteiger partial charge in [-0.05, 0) is 73.7 Å². The van der Waals surface area contributed by atoms with Crippen LogP contribution in [-0.2, 0) is 13.0 Å². The number of rotatable bonds is 6. The maximum atomic E-state index is 14.0. The van der Waals surface area contributed by atoms with Gasteiger partial charge in [-0.25, -0.2) is 5.48 Å². The van der Waals surface area contributed by atoms with E-state index in [4.69, 9.17) is 5.21 Å². The number of fused-ring (bicyclic) bond motifs is 3. The van der Waals surface area contributed by atoms with Gasteiger partial charge in [0.1, 0.15) is 0 Å². The summed E-state index contributed by atoms with van der Waals surface area (Å²) in [5.41, 5.74) is 10.1. The van der Waals surface area contributed by atoms with Crippen molar-refractivity contribution in [3.05, 3.63) is 100 Å². The van der Waals surface area contributed by atoms with Crippen LogP contribution < -0.4 is 10.4 Å². The molecule has 2 heterocycles. The van der Waals surface area contributed by atoms with Crippen LogP contribution in [0.5, 0.6) is 0 Å². The van der Waals surface area contributed by atoms with E-state index in [0.717, 1.165) is 73.3 Å². The lowest BCUT2D eigenvalue weighted by atomic mass is 9.84. The van der Waals surface area contributed by atoms with Crippen LogP contribution in [0, 0.1) is 19.8 Å². The number of piperazine rings is 1. The number of aryl methyl sites for hydroxylation is 2. The van der Waals surface area contributed by atoms with E-state index in [9.17, 15) is 9.59 Å². The van der Waals surface area contributed by atoms with Crippen molar-refractivity contribution in [2.75, 3.05) is 37.6 Å². The first-order chi connectivity index (χ1) is 19.4. The molecular formula is C33H36N4O3. The van der Waals surface area contributed by atoms with Gasteiger partial charge in [0.15, 0.2) is 5.78 Å². The number of ketones is 1. The molecule has 1 unspecified atom stereocenters. The Morgan fingerprint density at radius 3 is 2.42 bits per heavy atom. The van der Waals surface area contributed by atoms with E-state index in [1.54, 1.807) is 17.6 Å². The van der Waals surface area contributed by atoms with Gasteiger partial charge in [0, 0.05) is 78.6 Å². The van der Waals surface area contributed by atoms with Gasteiger partial charge < -0.3 is 9.47 Å². The summed E-state index contributed by atoms with van der Waals surface area (Å²) in [5.74, 6) is -0.252. The highest BCUT2D eigenvalue weighted by Crippen LogP contribution is 2.35. The fraction of sp³-hybridized carbons (Fsp3) is 0.333. The Bertz CT molecular complexity index is 1560.